The molecule has 4 nitrogen and oxygen atoms in total. The van der Waals surface area contributed by atoms with Crippen molar-refractivity contribution in [3.63, 3.8) is 0 Å². The van der Waals surface area contributed by atoms with E-state index in [9.17, 15) is 10.1 Å². The lowest BCUT2D eigenvalue weighted by Crippen LogP contribution is -2.18. The number of nitro benzene ring substituents is 1. The maximum atomic E-state index is 10.9. The minimum absolute atomic E-state index is 0.0686. The number of aryl methyl sites for hydroxylation is 1. The summed E-state index contributed by atoms with van der Waals surface area (Å²) in [6.07, 6.45) is 0. The van der Waals surface area contributed by atoms with Gasteiger partial charge in [0.15, 0.2) is 0 Å². The van der Waals surface area contributed by atoms with Gasteiger partial charge in [-0.25, -0.2) is 0 Å². The molecule has 0 fully saturated rings. The third-order valence-corrected chi connectivity index (χ3v) is 3.80. The fourth-order valence-corrected chi connectivity index (χ4v) is 2.47. The van der Waals surface area contributed by atoms with Crippen molar-refractivity contribution in [1.29, 1.82) is 0 Å². The van der Waals surface area contributed by atoms with Crippen LogP contribution in [0.4, 0.5) is 5.69 Å². The molecule has 0 bridgehead atoms. The summed E-state index contributed by atoms with van der Waals surface area (Å²) >= 11 is 6.16. The van der Waals surface area contributed by atoms with Crippen LogP contribution in [0.25, 0.3) is 0 Å². The monoisotopic (exact) mass is 304 g/mol. The minimum Gasteiger partial charge on any atom is -0.306 e. The van der Waals surface area contributed by atoms with Crippen molar-refractivity contribution in [2.75, 3.05) is 0 Å². The number of rotatable bonds is 5. The summed E-state index contributed by atoms with van der Waals surface area (Å²) in [5.74, 6) is 0. The second kappa shape index (κ2) is 6.70. The van der Waals surface area contributed by atoms with E-state index in [1.807, 2.05) is 37.3 Å². The van der Waals surface area contributed by atoms with Gasteiger partial charge in [0, 0.05) is 29.2 Å². The van der Waals surface area contributed by atoms with Crippen molar-refractivity contribution >= 4 is 17.3 Å². The summed E-state index contributed by atoms with van der Waals surface area (Å²) in [5, 5.41) is 15.0. The zero-order chi connectivity index (χ0) is 15.4. The molecule has 1 atom stereocenters. The van der Waals surface area contributed by atoms with Crippen molar-refractivity contribution in [3.05, 3.63) is 74.3 Å². The Morgan fingerprint density at radius 3 is 2.67 bits per heavy atom. The van der Waals surface area contributed by atoms with Crippen LogP contribution < -0.4 is 5.32 Å². The highest BCUT2D eigenvalue weighted by Gasteiger charge is 2.12. The van der Waals surface area contributed by atoms with Gasteiger partial charge in [-0.3, -0.25) is 10.1 Å². The highest BCUT2D eigenvalue weighted by Crippen LogP contribution is 2.23. The van der Waals surface area contributed by atoms with Crippen molar-refractivity contribution < 1.29 is 4.92 Å². The first-order valence-corrected chi connectivity index (χ1v) is 7.08. The van der Waals surface area contributed by atoms with E-state index in [-0.39, 0.29) is 16.7 Å². The average molecular weight is 305 g/mol. The van der Waals surface area contributed by atoms with E-state index in [4.69, 9.17) is 11.6 Å². The van der Waals surface area contributed by atoms with Gasteiger partial charge in [0.2, 0.25) is 0 Å². The molecule has 0 aliphatic rings. The maximum Gasteiger partial charge on any atom is 0.272 e. The van der Waals surface area contributed by atoms with Gasteiger partial charge in [-0.1, -0.05) is 41.9 Å². The predicted octanol–water partition coefficient (Wildman–Crippen LogP) is 4.41. The molecule has 0 saturated heterocycles. The van der Waals surface area contributed by atoms with Gasteiger partial charge >= 0.3 is 0 Å². The lowest BCUT2D eigenvalue weighted by molar-refractivity contribution is -0.385. The molecule has 0 aromatic heterocycles. The van der Waals surface area contributed by atoms with Gasteiger partial charge in [-0.05, 0) is 31.0 Å². The fraction of sp³-hybridized carbons (Fsp3) is 0.250. The first-order valence-electron chi connectivity index (χ1n) is 6.70. The number of benzene rings is 2. The summed E-state index contributed by atoms with van der Waals surface area (Å²) in [5.41, 5.74) is 2.72. The van der Waals surface area contributed by atoms with E-state index < -0.39 is 0 Å². The van der Waals surface area contributed by atoms with Crippen molar-refractivity contribution in [2.24, 2.45) is 0 Å². The van der Waals surface area contributed by atoms with E-state index in [1.165, 1.54) is 0 Å². The second-order valence-corrected chi connectivity index (χ2v) is 5.41. The van der Waals surface area contributed by atoms with E-state index in [0.717, 1.165) is 11.1 Å². The summed E-state index contributed by atoms with van der Waals surface area (Å²) < 4.78 is 0. The molecule has 0 spiro atoms. The molecule has 1 N–H and O–H groups in total. The van der Waals surface area contributed by atoms with Gasteiger partial charge in [-0.2, -0.15) is 0 Å². The smallest absolute Gasteiger partial charge is 0.272 e. The zero-order valence-electron chi connectivity index (χ0n) is 12.0. The number of hydrogen-bond donors (Lipinski definition) is 1. The Bertz CT molecular complexity index is 658. The van der Waals surface area contributed by atoms with Gasteiger partial charge < -0.3 is 5.32 Å². The molecular weight excluding hydrogens is 288 g/mol. The molecule has 2 aromatic carbocycles. The summed E-state index contributed by atoms with van der Waals surface area (Å²) in [6.45, 7) is 4.30. The SMILES string of the molecule is Cc1ccc(CN[C@H](C)c2ccccc2Cl)cc1[N+](=O)[O-]. The van der Waals surface area contributed by atoms with Crippen LogP contribution in [0.3, 0.4) is 0 Å². The Morgan fingerprint density at radius 2 is 2.00 bits per heavy atom. The molecule has 0 amide bonds. The van der Waals surface area contributed by atoms with Gasteiger partial charge in [0.25, 0.3) is 5.69 Å². The molecule has 0 saturated carbocycles. The zero-order valence-corrected chi connectivity index (χ0v) is 12.7. The van der Waals surface area contributed by atoms with E-state index in [2.05, 4.69) is 5.32 Å². The fourth-order valence-electron chi connectivity index (χ4n) is 2.17. The van der Waals surface area contributed by atoms with Crippen LogP contribution in [0.2, 0.25) is 5.02 Å². The van der Waals surface area contributed by atoms with Gasteiger partial charge in [0.1, 0.15) is 0 Å². The summed E-state index contributed by atoms with van der Waals surface area (Å²) in [4.78, 5) is 10.6. The molecule has 110 valence electrons. The Kier molecular flexibility index (Phi) is 4.94. The molecule has 2 rings (SSSR count). The van der Waals surface area contributed by atoms with Crippen LogP contribution in [-0.2, 0) is 6.54 Å². The third-order valence-electron chi connectivity index (χ3n) is 3.45. The van der Waals surface area contributed by atoms with Crippen LogP contribution in [-0.4, -0.2) is 4.92 Å². The minimum atomic E-state index is -0.351. The molecule has 2 aromatic rings. The molecule has 5 heteroatoms. The van der Waals surface area contributed by atoms with Gasteiger partial charge in [0.05, 0.1) is 4.92 Å². The first-order chi connectivity index (χ1) is 9.99. The largest absolute Gasteiger partial charge is 0.306 e. The summed E-state index contributed by atoms with van der Waals surface area (Å²) in [7, 11) is 0. The van der Waals surface area contributed by atoms with Crippen LogP contribution in [0.15, 0.2) is 42.5 Å². The van der Waals surface area contributed by atoms with E-state index in [1.54, 1.807) is 19.1 Å². The molecule has 0 unspecified atom stereocenters. The quantitative estimate of drug-likeness (QED) is 0.657. The van der Waals surface area contributed by atoms with Crippen LogP contribution in [0.5, 0.6) is 0 Å². The number of nitrogens with zero attached hydrogens (tertiary/aromatic N) is 1. The highest BCUT2D eigenvalue weighted by atomic mass is 35.5. The normalized spacial score (nSPS) is 12.1. The van der Waals surface area contributed by atoms with E-state index in [0.29, 0.717) is 17.1 Å². The Hall–Kier alpha value is -1.91. The third kappa shape index (κ3) is 3.80. The Morgan fingerprint density at radius 1 is 1.29 bits per heavy atom. The first kappa shape index (κ1) is 15.5. The van der Waals surface area contributed by atoms with Crippen molar-refractivity contribution in [3.8, 4) is 0 Å². The topological polar surface area (TPSA) is 55.2 Å². The molecule has 0 aliphatic heterocycles. The molecule has 21 heavy (non-hydrogen) atoms. The lowest BCUT2D eigenvalue weighted by atomic mass is 10.1. The second-order valence-electron chi connectivity index (χ2n) is 5.00. The highest BCUT2D eigenvalue weighted by molar-refractivity contribution is 6.31. The van der Waals surface area contributed by atoms with Crippen molar-refractivity contribution in [2.45, 2.75) is 26.4 Å². The number of hydrogen-bond acceptors (Lipinski definition) is 3. The molecule has 0 heterocycles. The number of nitrogens with one attached hydrogen (secondary N) is 1. The molecule has 0 radical (unpaired) electrons. The van der Waals surface area contributed by atoms with E-state index >= 15 is 0 Å². The predicted molar refractivity (Wildman–Crippen MR) is 84.5 cm³/mol. The molecule has 0 aliphatic carbocycles. The Balaban J connectivity index is 2.08. The standard InChI is InChI=1S/C16H17ClN2O2/c1-11-7-8-13(9-16(11)19(20)21)10-18-12(2)14-5-3-4-6-15(14)17/h3-9,12,18H,10H2,1-2H3/t12-/m1/s1. The molecular formula is C16H17ClN2O2. The van der Waals surface area contributed by atoms with Crippen LogP contribution >= 0.6 is 11.6 Å². The summed E-state index contributed by atoms with van der Waals surface area (Å²) in [6, 6.07) is 13.0. The number of nitro groups is 1. The Labute approximate surface area is 128 Å². The van der Waals surface area contributed by atoms with Crippen LogP contribution in [0, 0.1) is 17.0 Å². The average Bonchev–Trinajstić information content (AvgIpc) is 2.46. The number of halogens is 1. The van der Waals surface area contributed by atoms with Gasteiger partial charge in [-0.15, -0.1) is 0 Å². The van der Waals surface area contributed by atoms with Crippen LogP contribution in [0.1, 0.15) is 29.7 Å². The lowest BCUT2D eigenvalue weighted by Gasteiger charge is -2.15. The maximum absolute atomic E-state index is 10.9. The van der Waals surface area contributed by atoms with Crippen molar-refractivity contribution in [1.82, 2.24) is 5.32 Å².